The fourth-order valence-electron chi connectivity index (χ4n) is 5.88. The lowest BCUT2D eigenvalue weighted by molar-refractivity contribution is 1.08. The van der Waals surface area contributed by atoms with Crippen LogP contribution in [0.25, 0.3) is 45.3 Å². The highest BCUT2D eigenvalue weighted by Gasteiger charge is 2.15. The van der Waals surface area contributed by atoms with E-state index in [0.29, 0.717) is 0 Å². The predicted octanol–water partition coefficient (Wildman–Crippen LogP) is 10.2. The fraction of sp³-hybridized carbons (Fsp3) is 0.0769. The van der Waals surface area contributed by atoms with Crippen molar-refractivity contribution in [3.05, 3.63) is 168 Å². The Morgan fingerprint density at radius 3 is 1.32 bits per heavy atom. The van der Waals surface area contributed by atoms with Crippen LogP contribution in [0.4, 0.5) is 0 Å². The van der Waals surface area contributed by atoms with E-state index in [-0.39, 0.29) is 0 Å². The molecule has 0 fully saturated rings. The van der Waals surface area contributed by atoms with Gasteiger partial charge in [-0.05, 0) is 91.1 Å². The van der Waals surface area contributed by atoms with Crippen molar-refractivity contribution in [3.8, 4) is 11.4 Å². The first-order valence-corrected chi connectivity index (χ1v) is 14.1. The average molecular weight is 531 g/mol. The molecule has 6 aromatic rings. The van der Waals surface area contributed by atoms with Crippen LogP contribution in [0.1, 0.15) is 33.6 Å². The highest BCUT2D eigenvalue weighted by molar-refractivity contribution is 5.91. The van der Waals surface area contributed by atoms with Gasteiger partial charge in [0.2, 0.25) is 0 Å². The van der Waals surface area contributed by atoms with Crippen LogP contribution >= 0.6 is 0 Å². The Morgan fingerprint density at radius 2 is 0.927 bits per heavy atom. The molecule has 2 heteroatoms. The second-order valence-corrected chi connectivity index (χ2v) is 10.4. The van der Waals surface area contributed by atoms with Crippen molar-refractivity contribution in [2.75, 3.05) is 0 Å². The fourth-order valence-corrected chi connectivity index (χ4v) is 5.88. The second kappa shape index (κ2) is 11.2. The largest absolute Gasteiger partial charge is 0.310 e. The molecule has 0 unspecified atom stereocenters. The van der Waals surface area contributed by atoms with E-state index < -0.39 is 0 Å². The summed E-state index contributed by atoms with van der Waals surface area (Å²) in [5, 5.41) is 2.54. The standard InChI is InChI=1S/C39H34N2/c1-5-7-15-36-28(3)34-13-9-11-17-38(34)40(36)32-23-19-30(20-24-32)27-31-21-25-33(26-22-31)41-37(16-8-6-2)29(4)35-14-10-12-18-39(35)41/h5-26H,1-2,27H2,3-4H3/b15-7-,16-8-. The highest BCUT2D eigenvalue weighted by atomic mass is 15.0. The lowest BCUT2D eigenvalue weighted by atomic mass is 10.0. The van der Waals surface area contributed by atoms with Crippen molar-refractivity contribution < 1.29 is 0 Å². The Labute approximate surface area is 242 Å². The van der Waals surface area contributed by atoms with E-state index in [1.165, 1.54) is 55.4 Å². The summed E-state index contributed by atoms with van der Waals surface area (Å²) in [5.74, 6) is 0. The second-order valence-electron chi connectivity index (χ2n) is 10.4. The van der Waals surface area contributed by atoms with Crippen LogP contribution in [0.5, 0.6) is 0 Å². The normalized spacial score (nSPS) is 11.8. The van der Waals surface area contributed by atoms with Gasteiger partial charge in [0.15, 0.2) is 0 Å². The third-order valence-corrected chi connectivity index (χ3v) is 7.93. The summed E-state index contributed by atoms with van der Waals surface area (Å²) in [6.45, 7) is 12.1. The molecule has 2 nitrogen and oxygen atoms in total. The van der Waals surface area contributed by atoms with Crippen LogP contribution < -0.4 is 0 Å². The summed E-state index contributed by atoms with van der Waals surface area (Å²) in [5.41, 5.74) is 12.2. The lowest BCUT2D eigenvalue weighted by Gasteiger charge is -2.12. The molecule has 0 aliphatic carbocycles. The SMILES string of the molecule is C=C/C=C\c1c(C)c2ccccc2n1-c1ccc(Cc2ccc(-n3c(/C=C\C=C)c(C)c4ccccc43)cc2)cc1. The van der Waals surface area contributed by atoms with Crippen LogP contribution in [0.3, 0.4) is 0 Å². The van der Waals surface area contributed by atoms with E-state index in [2.05, 4.69) is 145 Å². The van der Waals surface area contributed by atoms with E-state index in [0.717, 1.165) is 17.8 Å². The summed E-state index contributed by atoms with van der Waals surface area (Å²) in [6.07, 6.45) is 12.8. The van der Waals surface area contributed by atoms with E-state index >= 15 is 0 Å². The molecule has 0 atom stereocenters. The summed E-state index contributed by atoms with van der Waals surface area (Å²) in [4.78, 5) is 0. The zero-order valence-corrected chi connectivity index (χ0v) is 23.7. The number of hydrogen-bond donors (Lipinski definition) is 0. The molecule has 0 saturated heterocycles. The molecule has 0 spiro atoms. The first-order chi connectivity index (χ1) is 20.1. The molecule has 0 saturated carbocycles. The first kappa shape index (κ1) is 26.2. The van der Waals surface area contributed by atoms with Crippen LogP contribution in [-0.4, -0.2) is 9.13 Å². The van der Waals surface area contributed by atoms with Gasteiger partial charge in [-0.2, -0.15) is 0 Å². The summed E-state index contributed by atoms with van der Waals surface area (Å²) in [7, 11) is 0. The van der Waals surface area contributed by atoms with Crippen LogP contribution in [-0.2, 0) is 6.42 Å². The summed E-state index contributed by atoms with van der Waals surface area (Å²) >= 11 is 0. The van der Waals surface area contributed by atoms with Gasteiger partial charge in [-0.25, -0.2) is 0 Å². The van der Waals surface area contributed by atoms with E-state index in [1.807, 2.05) is 24.3 Å². The number of benzene rings is 4. The zero-order valence-electron chi connectivity index (χ0n) is 23.7. The van der Waals surface area contributed by atoms with Gasteiger partial charge >= 0.3 is 0 Å². The molecule has 2 aromatic heterocycles. The van der Waals surface area contributed by atoms with Gasteiger partial charge < -0.3 is 9.13 Å². The molecule has 0 amide bonds. The molecule has 0 aliphatic heterocycles. The van der Waals surface area contributed by atoms with Gasteiger partial charge in [0.1, 0.15) is 0 Å². The number of rotatable bonds is 8. The molecule has 41 heavy (non-hydrogen) atoms. The molecular formula is C39H34N2. The van der Waals surface area contributed by atoms with Gasteiger partial charge in [0, 0.05) is 33.5 Å². The Bertz CT molecular complexity index is 1790. The molecule has 0 radical (unpaired) electrons. The van der Waals surface area contributed by atoms with Gasteiger partial charge in [0.05, 0.1) is 11.0 Å². The molecule has 200 valence electrons. The highest BCUT2D eigenvalue weighted by Crippen LogP contribution is 2.32. The minimum atomic E-state index is 0.879. The molecule has 6 rings (SSSR count). The third kappa shape index (κ3) is 4.79. The number of nitrogens with zero attached hydrogens (tertiary/aromatic N) is 2. The van der Waals surface area contributed by atoms with Crippen LogP contribution in [0, 0.1) is 13.8 Å². The number of para-hydroxylation sites is 2. The zero-order chi connectivity index (χ0) is 28.3. The molecule has 0 aliphatic rings. The number of fused-ring (bicyclic) bond motifs is 2. The maximum atomic E-state index is 3.86. The van der Waals surface area contributed by atoms with Gasteiger partial charge in [-0.15, -0.1) is 0 Å². The Morgan fingerprint density at radius 1 is 0.537 bits per heavy atom. The predicted molar refractivity (Wildman–Crippen MR) is 177 cm³/mol. The molecule has 2 heterocycles. The molecule has 4 aromatic carbocycles. The summed E-state index contributed by atoms with van der Waals surface area (Å²) < 4.78 is 4.68. The topological polar surface area (TPSA) is 9.86 Å². The van der Waals surface area contributed by atoms with Crippen molar-refractivity contribution >= 4 is 34.0 Å². The van der Waals surface area contributed by atoms with E-state index in [1.54, 1.807) is 0 Å². The van der Waals surface area contributed by atoms with E-state index in [9.17, 15) is 0 Å². The minimum Gasteiger partial charge on any atom is -0.310 e. The Balaban J connectivity index is 1.30. The number of aromatic nitrogens is 2. The quantitative estimate of drug-likeness (QED) is 0.173. The number of hydrogen-bond acceptors (Lipinski definition) is 0. The van der Waals surface area contributed by atoms with Crippen molar-refractivity contribution in [2.24, 2.45) is 0 Å². The van der Waals surface area contributed by atoms with Crippen molar-refractivity contribution in [2.45, 2.75) is 20.3 Å². The number of aryl methyl sites for hydroxylation is 2. The van der Waals surface area contributed by atoms with Crippen molar-refractivity contribution in [1.82, 2.24) is 9.13 Å². The average Bonchev–Trinajstić information content (AvgIpc) is 3.46. The van der Waals surface area contributed by atoms with Gasteiger partial charge in [-0.1, -0.05) is 98.1 Å². The molecule has 0 bridgehead atoms. The van der Waals surface area contributed by atoms with Crippen LogP contribution in [0.2, 0.25) is 0 Å². The van der Waals surface area contributed by atoms with E-state index in [4.69, 9.17) is 0 Å². The maximum absolute atomic E-state index is 3.86. The number of allylic oxidation sites excluding steroid dienone is 4. The molecular weight excluding hydrogens is 496 g/mol. The Hall–Kier alpha value is -5.08. The minimum absolute atomic E-state index is 0.879. The van der Waals surface area contributed by atoms with Gasteiger partial charge in [0.25, 0.3) is 0 Å². The molecule has 0 N–H and O–H groups in total. The van der Waals surface area contributed by atoms with Crippen molar-refractivity contribution in [1.29, 1.82) is 0 Å². The maximum Gasteiger partial charge on any atom is 0.0537 e. The lowest BCUT2D eigenvalue weighted by Crippen LogP contribution is -1.99. The monoisotopic (exact) mass is 530 g/mol. The first-order valence-electron chi connectivity index (χ1n) is 14.1. The summed E-state index contributed by atoms with van der Waals surface area (Å²) in [6, 6.07) is 35.1. The smallest absolute Gasteiger partial charge is 0.0537 e. The third-order valence-electron chi connectivity index (χ3n) is 7.93. The van der Waals surface area contributed by atoms with Crippen LogP contribution in [0.15, 0.2) is 135 Å². The van der Waals surface area contributed by atoms with Crippen molar-refractivity contribution in [3.63, 3.8) is 0 Å². The Kier molecular flexibility index (Phi) is 7.14. The van der Waals surface area contributed by atoms with Gasteiger partial charge in [-0.3, -0.25) is 0 Å².